The fourth-order valence-corrected chi connectivity index (χ4v) is 2.10. The van der Waals surface area contributed by atoms with Crippen LogP contribution in [0.1, 0.15) is 30.6 Å². The van der Waals surface area contributed by atoms with Crippen LogP contribution in [0.4, 0.5) is 13.2 Å². The van der Waals surface area contributed by atoms with Crippen LogP contribution in [0.3, 0.4) is 0 Å². The van der Waals surface area contributed by atoms with E-state index >= 15 is 0 Å². The average Bonchev–Trinajstić information content (AvgIpc) is 2.23. The van der Waals surface area contributed by atoms with Crippen molar-refractivity contribution in [3.05, 3.63) is 35.1 Å². The van der Waals surface area contributed by atoms with Gasteiger partial charge in [-0.25, -0.2) is 13.2 Å². The van der Waals surface area contributed by atoms with Crippen LogP contribution in [-0.4, -0.2) is 16.8 Å². The van der Waals surface area contributed by atoms with E-state index in [9.17, 15) is 18.0 Å². The molecule has 2 unspecified atom stereocenters. The number of benzene rings is 1. The van der Waals surface area contributed by atoms with Gasteiger partial charge in [0.05, 0.1) is 0 Å². The zero-order valence-electron chi connectivity index (χ0n) is 9.94. The topological polar surface area (TPSA) is 29.1 Å². The molecule has 0 aliphatic carbocycles. The Kier molecular flexibility index (Phi) is 5.19. The summed E-state index contributed by atoms with van der Waals surface area (Å²) in [6, 6.07) is 1.19. The molecule has 0 saturated heterocycles. The minimum absolute atomic E-state index is 0.164. The van der Waals surface area contributed by atoms with E-state index in [1.807, 2.05) is 6.92 Å². The van der Waals surface area contributed by atoms with E-state index < -0.39 is 23.4 Å². The number of carbonyl (C=O) groups is 1. The van der Waals surface area contributed by atoms with Crippen LogP contribution in [0.2, 0.25) is 0 Å². The molecule has 0 heterocycles. The summed E-state index contributed by atoms with van der Waals surface area (Å²) < 4.78 is 38.6. The van der Waals surface area contributed by atoms with E-state index in [1.54, 1.807) is 6.92 Å². The second-order valence-electron chi connectivity index (χ2n) is 4.14. The maximum Gasteiger partial charge on any atom is 0.251 e. The van der Waals surface area contributed by atoms with Crippen LogP contribution in [0, 0.1) is 17.5 Å². The van der Waals surface area contributed by atoms with Crippen molar-refractivity contribution in [2.24, 2.45) is 0 Å². The average molecular weight is 324 g/mol. The second-order valence-corrected chi connectivity index (χ2v) is 5.71. The van der Waals surface area contributed by atoms with Gasteiger partial charge in [-0.1, -0.05) is 22.9 Å². The van der Waals surface area contributed by atoms with Crippen molar-refractivity contribution in [1.29, 1.82) is 0 Å². The van der Waals surface area contributed by atoms with Crippen LogP contribution in [0.5, 0.6) is 0 Å². The molecule has 0 aliphatic heterocycles. The molecule has 100 valence electrons. The lowest BCUT2D eigenvalue weighted by atomic mass is 10.1. The summed E-state index contributed by atoms with van der Waals surface area (Å²) in [4.78, 5) is 11.9. The van der Waals surface area contributed by atoms with E-state index in [1.165, 1.54) is 0 Å². The number of hydrogen-bond donors (Lipinski definition) is 1. The molecule has 0 bridgehead atoms. The van der Waals surface area contributed by atoms with Gasteiger partial charge in [-0.05, 0) is 25.5 Å². The predicted molar refractivity (Wildman–Crippen MR) is 66.3 cm³/mol. The number of hydrogen-bond acceptors (Lipinski definition) is 1. The van der Waals surface area contributed by atoms with E-state index in [0.717, 1.165) is 0 Å². The van der Waals surface area contributed by atoms with Crippen molar-refractivity contribution in [1.82, 2.24) is 5.32 Å². The van der Waals surface area contributed by atoms with Crippen molar-refractivity contribution in [3.8, 4) is 0 Å². The minimum atomic E-state index is -1.58. The molecule has 1 amide bonds. The Morgan fingerprint density at radius 3 is 2.22 bits per heavy atom. The number of carbonyl (C=O) groups excluding carboxylic acids is 1. The van der Waals surface area contributed by atoms with Gasteiger partial charge in [-0.2, -0.15) is 0 Å². The molecule has 1 aromatic rings. The Hall–Kier alpha value is -1.04. The van der Waals surface area contributed by atoms with Crippen LogP contribution in [-0.2, 0) is 0 Å². The van der Waals surface area contributed by atoms with Gasteiger partial charge in [0.2, 0.25) is 0 Å². The van der Waals surface area contributed by atoms with Crippen LogP contribution in [0.25, 0.3) is 0 Å². The molecule has 1 aromatic carbocycles. The first-order valence-corrected chi connectivity index (χ1v) is 6.32. The van der Waals surface area contributed by atoms with Gasteiger partial charge >= 0.3 is 0 Å². The van der Waals surface area contributed by atoms with Gasteiger partial charge in [0.15, 0.2) is 17.5 Å². The molecule has 18 heavy (non-hydrogen) atoms. The number of alkyl halides is 1. The molecule has 0 saturated carbocycles. The molecule has 2 nitrogen and oxygen atoms in total. The van der Waals surface area contributed by atoms with Crippen molar-refractivity contribution in [3.63, 3.8) is 0 Å². The van der Waals surface area contributed by atoms with E-state index in [-0.39, 0.29) is 16.4 Å². The van der Waals surface area contributed by atoms with E-state index in [2.05, 4.69) is 21.2 Å². The Morgan fingerprint density at radius 1 is 1.28 bits per heavy atom. The highest BCUT2D eigenvalue weighted by Gasteiger charge is 2.16. The second kappa shape index (κ2) is 6.22. The largest absolute Gasteiger partial charge is 0.350 e. The van der Waals surface area contributed by atoms with Gasteiger partial charge in [0.25, 0.3) is 5.91 Å². The Labute approximate surface area is 112 Å². The summed E-state index contributed by atoms with van der Waals surface area (Å²) in [5.41, 5.74) is -0.236. The van der Waals surface area contributed by atoms with Crippen molar-refractivity contribution >= 4 is 21.8 Å². The third-order valence-corrected chi connectivity index (χ3v) is 2.68. The summed E-state index contributed by atoms with van der Waals surface area (Å²) >= 11 is 3.33. The lowest BCUT2D eigenvalue weighted by molar-refractivity contribution is 0.0937. The summed E-state index contributed by atoms with van der Waals surface area (Å²) in [6.07, 6.45) is 0.665. The summed E-state index contributed by atoms with van der Waals surface area (Å²) in [5, 5.41) is 2.58. The van der Waals surface area contributed by atoms with Gasteiger partial charge in [0, 0.05) is 16.4 Å². The highest BCUT2D eigenvalue weighted by Crippen LogP contribution is 2.14. The van der Waals surface area contributed by atoms with Crippen LogP contribution in [0.15, 0.2) is 12.1 Å². The molecule has 0 fully saturated rings. The minimum Gasteiger partial charge on any atom is -0.350 e. The fourth-order valence-electron chi connectivity index (χ4n) is 1.54. The quantitative estimate of drug-likeness (QED) is 0.667. The predicted octanol–water partition coefficient (Wildman–Crippen LogP) is 3.40. The first-order chi connectivity index (χ1) is 8.31. The standard InChI is InChI=1S/C12H13BrF3NO/c1-6(13)3-7(2)17-12(18)8-4-9(14)11(16)10(15)5-8/h4-7H,3H2,1-2H3,(H,17,18). The van der Waals surface area contributed by atoms with E-state index in [0.29, 0.717) is 18.6 Å². The Morgan fingerprint density at radius 2 is 1.78 bits per heavy atom. The van der Waals surface area contributed by atoms with Gasteiger partial charge in [-0.15, -0.1) is 0 Å². The molecule has 2 atom stereocenters. The lowest BCUT2D eigenvalue weighted by Crippen LogP contribution is -2.34. The summed E-state index contributed by atoms with van der Waals surface area (Å²) in [5.74, 6) is -4.95. The van der Waals surface area contributed by atoms with Gasteiger partial charge < -0.3 is 5.32 Å². The normalized spacial score (nSPS) is 14.1. The zero-order valence-corrected chi connectivity index (χ0v) is 11.5. The van der Waals surface area contributed by atoms with E-state index in [4.69, 9.17) is 0 Å². The smallest absolute Gasteiger partial charge is 0.251 e. The first-order valence-electron chi connectivity index (χ1n) is 5.40. The van der Waals surface area contributed by atoms with Crippen molar-refractivity contribution in [2.75, 3.05) is 0 Å². The molecule has 1 N–H and O–H groups in total. The molecule has 0 spiro atoms. The molecule has 0 radical (unpaired) electrons. The van der Waals surface area contributed by atoms with Gasteiger partial charge in [0.1, 0.15) is 0 Å². The number of halogens is 4. The molecule has 0 aromatic heterocycles. The molecule has 1 rings (SSSR count). The zero-order chi connectivity index (χ0) is 13.9. The van der Waals surface area contributed by atoms with Gasteiger partial charge in [-0.3, -0.25) is 4.79 Å². The van der Waals surface area contributed by atoms with Crippen LogP contribution >= 0.6 is 15.9 Å². The molecular formula is C12H13BrF3NO. The summed E-state index contributed by atoms with van der Waals surface area (Å²) in [6.45, 7) is 3.69. The molecule has 6 heteroatoms. The SMILES string of the molecule is CC(Br)CC(C)NC(=O)c1cc(F)c(F)c(F)c1. The maximum atomic E-state index is 12.9. The van der Waals surface area contributed by atoms with Crippen molar-refractivity contribution in [2.45, 2.75) is 31.1 Å². The molecule has 0 aliphatic rings. The number of amides is 1. The monoisotopic (exact) mass is 323 g/mol. The lowest BCUT2D eigenvalue weighted by Gasteiger charge is -2.15. The maximum absolute atomic E-state index is 12.9. The third kappa shape index (κ3) is 4.01. The fraction of sp³-hybridized carbons (Fsp3) is 0.417. The van der Waals surface area contributed by atoms with Crippen LogP contribution < -0.4 is 5.32 Å². The van der Waals surface area contributed by atoms with Crippen molar-refractivity contribution < 1.29 is 18.0 Å². The Bertz CT molecular complexity index is 428. The number of rotatable bonds is 4. The Balaban J connectivity index is 2.79. The first kappa shape index (κ1) is 15.0. The highest BCUT2D eigenvalue weighted by molar-refractivity contribution is 9.09. The summed E-state index contributed by atoms with van der Waals surface area (Å²) in [7, 11) is 0. The molecular weight excluding hydrogens is 311 g/mol. The highest BCUT2D eigenvalue weighted by atomic mass is 79.9. The number of nitrogens with one attached hydrogen (secondary N) is 1. The third-order valence-electron chi connectivity index (χ3n) is 2.30.